The van der Waals surface area contributed by atoms with Gasteiger partial charge in [-0.05, 0) is 24.5 Å². The van der Waals surface area contributed by atoms with Gasteiger partial charge in [0.05, 0.1) is 5.02 Å². The Kier molecular flexibility index (Phi) is 4.07. The molecule has 23 heavy (non-hydrogen) atoms. The summed E-state index contributed by atoms with van der Waals surface area (Å²) in [6.07, 6.45) is 0. The molecule has 6 heteroatoms. The zero-order chi connectivity index (χ0) is 16.8. The minimum absolute atomic E-state index is 0.0506. The van der Waals surface area contributed by atoms with E-state index in [1.807, 2.05) is 31.2 Å². The molecule has 0 fully saturated rings. The molecule has 2 heterocycles. The fourth-order valence-electron chi connectivity index (χ4n) is 2.54. The van der Waals surface area contributed by atoms with Crippen LogP contribution in [0.4, 0.5) is 0 Å². The lowest BCUT2D eigenvalue weighted by Gasteiger charge is -2.21. The molecule has 120 valence electrons. The van der Waals surface area contributed by atoms with E-state index >= 15 is 0 Å². The molecule has 0 amide bonds. The number of aromatic nitrogens is 4. The van der Waals surface area contributed by atoms with Gasteiger partial charge in [-0.25, -0.2) is 15.0 Å². The van der Waals surface area contributed by atoms with Crippen molar-refractivity contribution >= 4 is 34.4 Å². The van der Waals surface area contributed by atoms with Crippen molar-refractivity contribution < 1.29 is 0 Å². The van der Waals surface area contributed by atoms with Crippen LogP contribution in [0.15, 0.2) is 24.3 Å². The van der Waals surface area contributed by atoms with Crippen LogP contribution in [0.25, 0.3) is 22.6 Å². The van der Waals surface area contributed by atoms with Gasteiger partial charge in [0.25, 0.3) is 0 Å². The SMILES string of the molecule is Cc1nc(Cl)c2nc(-c3ccccc3Cl)n(CC(C)(C)C)c2n1. The van der Waals surface area contributed by atoms with Gasteiger partial charge in [0.2, 0.25) is 0 Å². The van der Waals surface area contributed by atoms with Crippen LogP contribution in [-0.4, -0.2) is 19.5 Å². The van der Waals surface area contributed by atoms with Crippen molar-refractivity contribution in [2.75, 3.05) is 0 Å². The van der Waals surface area contributed by atoms with Gasteiger partial charge in [-0.3, -0.25) is 0 Å². The van der Waals surface area contributed by atoms with Gasteiger partial charge < -0.3 is 4.57 Å². The number of hydrogen-bond donors (Lipinski definition) is 0. The smallest absolute Gasteiger partial charge is 0.165 e. The van der Waals surface area contributed by atoms with Crippen LogP contribution in [0.2, 0.25) is 10.2 Å². The van der Waals surface area contributed by atoms with Crippen molar-refractivity contribution in [1.29, 1.82) is 0 Å². The van der Waals surface area contributed by atoms with Crippen molar-refractivity contribution in [2.24, 2.45) is 5.41 Å². The molecule has 4 nitrogen and oxygen atoms in total. The Morgan fingerprint density at radius 2 is 1.74 bits per heavy atom. The number of benzene rings is 1. The molecule has 0 aliphatic heterocycles. The Labute approximate surface area is 145 Å². The number of imidazole rings is 1. The first-order chi connectivity index (χ1) is 10.8. The van der Waals surface area contributed by atoms with E-state index in [4.69, 9.17) is 28.2 Å². The second-order valence-electron chi connectivity index (χ2n) is 6.80. The minimum Gasteiger partial charge on any atom is -0.308 e. The fourth-order valence-corrected chi connectivity index (χ4v) is 3.01. The summed E-state index contributed by atoms with van der Waals surface area (Å²) in [6, 6.07) is 7.66. The molecule has 0 saturated heterocycles. The van der Waals surface area contributed by atoms with Gasteiger partial charge in [-0.15, -0.1) is 0 Å². The molecule has 2 aromatic heterocycles. The Morgan fingerprint density at radius 3 is 2.39 bits per heavy atom. The number of hydrogen-bond acceptors (Lipinski definition) is 3. The van der Waals surface area contributed by atoms with Gasteiger partial charge in [-0.2, -0.15) is 0 Å². The van der Waals surface area contributed by atoms with Crippen molar-refractivity contribution in [3.8, 4) is 11.4 Å². The molecule has 3 rings (SSSR count). The molecular formula is C17H18Cl2N4. The number of rotatable bonds is 2. The predicted octanol–water partition coefficient (Wildman–Crippen LogP) is 5.15. The monoisotopic (exact) mass is 348 g/mol. The molecule has 0 radical (unpaired) electrons. The molecule has 0 saturated carbocycles. The summed E-state index contributed by atoms with van der Waals surface area (Å²) in [4.78, 5) is 13.5. The number of fused-ring (bicyclic) bond motifs is 1. The summed E-state index contributed by atoms with van der Waals surface area (Å²) in [5.74, 6) is 1.39. The summed E-state index contributed by atoms with van der Waals surface area (Å²) >= 11 is 12.7. The zero-order valence-corrected chi connectivity index (χ0v) is 15.1. The summed E-state index contributed by atoms with van der Waals surface area (Å²) in [6.45, 7) is 9.09. The van der Waals surface area contributed by atoms with E-state index in [1.165, 1.54) is 0 Å². The van der Waals surface area contributed by atoms with E-state index in [0.29, 0.717) is 21.5 Å². The van der Waals surface area contributed by atoms with Crippen LogP contribution in [-0.2, 0) is 6.54 Å². The van der Waals surface area contributed by atoms with Gasteiger partial charge in [0.1, 0.15) is 17.2 Å². The number of halogens is 2. The average molecular weight is 349 g/mol. The van der Waals surface area contributed by atoms with E-state index in [9.17, 15) is 0 Å². The lowest BCUT2D eigenvalue weighted by molar-refractivity contribution is 0.349. The van der Waals surface area contributed by atoms with Crippen molar-refractivity contribution in [2.45, 2.75) is 34.2 Å². The lowest BCUT2D eigenvalue weighted by Crippen LogP contribution is -2.17. The van der Waals surface area contributed by atoms with E-state index in [0.717, 1.165) is 23.6 Å². The summed E-state index contributed by atoms with van der Waals surface area (Å²) in [7, 11) is 0. The molecule has 0 N–H and O–H groups in total. The standard InChI is InChI=1S/C17H18Cl2N4/c1-10-20-14(19)13-16(21-10)23(9-17(2,3)4)15(22-13)11-7-5-6-8-12(11)18/h5-8H,9H2,1-4H3. The average Bonchev–Trinajstić information content (AvgIpc) is 2.77. The summed E-state index contributed by atoms with van der Waals surface area (Å²) in [5.41, 5.74) is 2.27. The molecule has 0 aliphatic carbocycles. The highest BCUT2D eigenvalue weighted by molar-refractivity contribution is 6.34. The Morgan fingerprint density at radius 1 is 1.04 bits per heavy atom. The second kappa shape index (κ2) is 5.77. The van der Waals surface area contributed by atoms with Crippen molar-refractivity contribution in [3.05, 3.63) is 40.3 Å². The maximum absolute atomic E-state index is 6.38. The van der Waals surface area contributed by atoms with Crippen molar-refractivity contribution in [1.82, 2.24) is 19.5 Å². The predicted molar refractivity (Wildman–Crippen MR) is 95.0 cm³/mol. The fraction of sp³-hybridized carbons (Fsp3) is 0.353. The Hall–Kier alpha value is -1.65. The molecule has 0 aliphatic rings. The van der Waals surface area contributed by atoms with E-state index in [2.05, 4.69) is 35.3 Å². The zero-order valence-electron chi connectivity index (χ0n) is 13.6. The first-order valence-corrected chi connectivity index (χ1v) is 8.17. The summed E-state index contributed by atoms with van der Waals surface area (Å²) < 4.78 is 2.08. The van der Waals surface area contributed by atoms with Crippen LogP contribution >= 0.6 is 23.2 Å². The molecule has 0 spiro atoms. The Bertz CT molecular complexity index is 878. The highest BCUT2D eigenvalue weighted by atomic mass is 35.5. The molecule has 0 atom stereocenters. The number of aryl methyl sites for hydroxylation is 1. The van der Waals surface area contributed by atoms with Gasteiger partial charge in [0.15, 0.2) is 10.8 Å². The van der Waals surface area contributed by atoms with Gasteiger partial charge in [0, 0.05) is 12.1 Å². The third-order valence-corrected chi connectivity index (χ3v) is 4.00. The topological polar surface area (TPSA) is 43.6 Å². The maximum atomic E-state index is 6.38. The van der Waals surface area contributed by atoms with E-state index in [-0.39, 0.29) is 5.41 Å². The first-order valence-electron chi connectivity index (χ1n) is 7.41. The largest absolute Gasteiger partial charge is 0.308 e. The van der Waals surface area contributed by atoms with Crippen LogP contribution in [0.3, 0.4) is 0 Å². The molecule has 0 bridgehead atoms. The second-order valence-corrected chi connectivity index (χ2v) is 7.56. The number of nitrogens with zero attached hydrogens (tertiary/aromatic N) is 4. The maximum Gasteiger partial charge on any atom is 0.165 e. The normalized spacial score (nSPS) is 12.1. The third kappa shape index (κ3) is 3.19. The van der Waals surface area contributed by atoms with Crippen LogP contribution in [0.1, 0.15) is 26.6 Å². The highest BCUT2D eigenvalue weighted by Crippen LogP contribution is 2.33. The van der Waals surface area contributed by atoms with E-state index < -0.39 is 0 Å². The summed E-state index contributed by atoms with van der Waals surface area (Å²) in [5, 5.41) is 1.02. The first kappa shape index (κ1) is 16.2. The van der Waals surface area contributed by atoms with Crippen LogP contribution in [0, 0.1) is 12.3 Å². The van der Waals surface area contributed by atoms with E-state index in [1.54, 1.807) is 0 Å². The molecule has 3 aromatic rings. The molecule has 0 unspecified atom stereocenters. The lowest BCUT2D eigenvalue weighted by atomic mass is 9.96. The third-order valence-electron chi connectivity index (χ3n) is 3.41. The van der Waals surface area contributed by atoms with Gasteiger partial charge in [-0.1, -0.05) is 56.1 Å². The van der Waals surface area contributed by atoms with Gasteiger partial charge >= 0.3 is 0 Å². The van der Waals surface area contributed by atoms with Crippen molar-refractivity contribution in [3.63, 3.8) is 0 Å². The molecular weight excluding hydrogens is 331 g/mol. The molecule has 1 aromatic carbocycles. The Balaban J connectivity index is 2.35. The highest BCUT2D eigenvalue weighted by Gasteiger charge is 2.22. The quantitative estimate of drug-likeness (QED) is 0.601. The van der Waals surface area contributed by atoms with Crippen LogP contribution in [0.5, 0.6) is 0 Å². The minimum atomic E-state index is 0.0506. The van der Waals surface area contributed by atoms with Crippen LogP contribution < -0.4 is 0 Å².